The molecule has 1 amide bonds. The third kappa shape index (κ3) is 7.51. The summed E-state index contributed by atoms with van der Waals surface area (Å²) in [4.78, 5) is 22.0. The molecule has 4 nitrogen and oxygen atoms in total. The number of hydrogen-bond donors (Lipinski definition) is 2. The zero-order valence-electron chi connectivity index (χ0n) is 11.0. The second kappa shape index (κ2) is 8.58. The van der Waals surface area contributed by atoms with Crippen LogP contribution in [0.1, 0.15) is 18.9 Å². The van der Waals surface area contributed by atoms with Crippen molar-refractivity contribution in [2.75, 3.05) is 12.3 Å². The van der Waals surface area contributed by atoms with E-state index in [9.17, 15) is 9.59 Å². The Morgan fingerprint density at radius 2 is 2.00 bits per heavy atom. The highest BCUT2D eigenvalue weighted by atomic mass is 32.2. The maximum Gasteiger partial charge on any atom is 0.304 e. The van der Waals surface area contributed by atoms with Gasteiger partial charge in [0.15, 0.2) is 0 Å². The molecule has 0 saturated carbocycles. The predicted molar refractivity (Wildman–Crippen MR) is 77.3 cm³/mol. The molecule has 1 aromatic rings. The molecule has 1 unspecified atom stereocenters. The molecule has 0 radical (unpaired) electrons. The molecule has 5 heteroatoms. The van der Waals surface area contributed by atoms with E-state index in [1.54, 1.807) is 0 Å². The van der Waals surface area contributed by atoms with Gasteiger partial charge >= 0.3 is 5.97 Å². The van der Waals surface area contributed by atoms with Crippen molar-refractivity contribution in [3.05, 3.63) is 35.9 Å². The van der Waals surface area contributed by atoms with Crippen molar-refractivity contribution in [2.45, 2.75) is 25.0 Å². The zero-order chi connectivity index (χ0) is 14.1. The molecule has 0 saturated heterocycles. The zero-order valence-corrected chi connectivity index (χ0v) is 11.8. The Labute approximate surface area is 117 Å². The lowest BCUT2D eigenvalue weighted by Gasteiger charge is -2.09. The van der Waals surface area contributed by atoms with E-state index in [0.29, 0.717) is 12.3 Å². The van der Waals surface area contributed by atoms with Crippen molar-refractivity contribution in [1.29, 1.82) is 0 Å². The number of carboxylic acid groups (broad SMARTS) is 1. The number of carboxylic acids is 1. The second-order valence-corrected chi connectivity index (χ2v) is 5.73. The van der Waals surface area contributed by atoms with Crippen molar-refractivity contribution in [1.82, 2.24) is 5.32 Å². The number of thioether (sulfide) groups is 1. The third-order valence-electron chi connectivity index (χ3n) is 2.54. The smallest absolute Gasteiger partial charge is 0.304 e. The lowest BCUT2D eigenvalue weighted by Crippen LogP contribution is -2.28. The molecule has 0 heterocycles. The van der Waals surface area contributed by atoms with E-state index in [2.05, 4.69) is 5.32 Å². The molecule has 0 fully saturated rings. The Morgan fingerprint density at radius 3 is 2.63 bits per heavy atom. The minimum atomic E-state index is -0.829. The van der Waals surface area contributed by atoms with Crippen molar-refractivity contribution in [2.24, 2.45) is 0 Å². The Hall–Kier alpha value is -1.49. The predicted octanol–water partition coefficient (Wildman–Crippen LogP) is 1.94. The highest BCUT2D eigenvalue weighted by Gasteiger charge is 2.10. The summed E-state index contributed by atoms with van der Waals surface area (Å²) in [7, 11) is 0. The normalized spacial score (nSPS) is 11.8. The van der Waals surface area contributed by atoms with Crippen LogP contribution in [0.2, 0.25) is 0 Å². The van der Waals surface area contributed by atoms with Gasteiger partial charge in [0.1, 0.15) is 0 Å². The molecule has 1 atom stereocenters. The number of nitrogens with one attached hydrogen (secondary N) is 1. The molecule has 19 heavy (non-hydrogen) atoms. The number of aliphatic carboxylic acids is 1. The average molecular weight is 281 g/mol. The largest absolute Gasteiger partial charge is 0.481 e. The van der Waals surface area contributed by atoms with Gasteiger partial charge in [0.2, 0.25) is 5.91 Å². The lowest BCUT2D eigenvalue weighted by molar-refractivity contribution is -0.136. The van der Waals surface area contributed by atoms with E-state index < -0.39 is 5.97 Å². The lowest BCUT2D eigenvalue weighted by atomic mass is 10.1. The van der Waals surface area contributed by atoms with Gasteiger partial charge in [-0.05, 0) is 12.0 Å². The molecule has 0 aromatic heterocycles. The summed E-state index contributed by atoms with van der Waals surface area (Å²) < 4.78 is 0. The molecule has 0 aliphatic rings. The van der Waals surface area contributed by atoms with Crippen LogP contribution in [-0.4, -0.2) is 34.5 Å². The molecular weight excluding hydrogens is 262 g/mol. The minimum Gasteiger partial charge on any atom is -0.481 e. The summed E-state index contributed by atoms with van der Waals surface area (Å²) in [5, 5.41) is 11.4. The number of rotatable bonds is 8. The van der Waals surface area contributed by atoms with E-state index in [1.807, 2.05) is 37.3 Å². The molecular formula is C14H19NO3S. The number of carbonyl (C=O) groups is 2. The standard InChI is InChI=1S/C14H19NO3S/c1-11(9-14(17)18)19-10-13(16)15-8-7-12-5-3-2-4-6-12/h2-6,11H,7-10H2,1H3,(H,15,16)(H,17,18). The Balaban J connectivity index is 2.13. The Bertz CT molecular complexity index is 408. The molecule has 1 aromatic carbocycles. The topological polar surface area (TPSA) is 66.4 Å². The summed E-state index contributed by atoms with van der Waals surface area (Å²) in [5.41, 5.74) is 1.19. The van der Waals surface area contributed by atoms with Crippen molar-refractivity contribution >= 4 is 23.6 Å². The van der Waals surface area contributed by atoms with Crippen LogP contribution in [0, 0.1) is 0 Å². The maximum atomic E-state index is 11.5. The van der Waals surface area contributed by atoms with Crippen LogP contribution in [0.4, 0.5) is 0 Å². The van der Waals surface area contributed by atoms with Gasteiger partial charge in [0.05, 0.1) is 12.2 Å². The number of hydrogen-bond acceptors (Lipinski definition) is 3. The first kappa shape index (κ1) is 15.6. The molecule has 0 bridgehead atoms. The van der Waals surface area contributed by atoms with Gasteiger partial charge in [-0.3, -0.25) is 9.59 Å². The average Bonchev–Trinajstić information content (AvgIpc) is 2.37. The molecule has 0 spiro atoms. The first-order valence-electron chi connectivity index (χ1n) is 6.22. The Morgan fingerprint density at radius 1 is 1.32 bits per heavy atom. The van der Waals surface area contributed by atoms with E-state index in [1.165, 1.54) is 17.3 Å². The fourth-order valence-electron chi connectivity index (χ4n) is 1.56. The SMILES string of the molecule is CC(CC(=O)O)SCC(=O)NCCc1ccccc1. The first-order chi connectivity index (χ1) is 9.08. The fraction of sp³-hybridized carbons (Fsp3) is 0.429. The van der Waals surface area contributed by atoms with Crippen molar-refractivity contribution < 1.29 is 14.7 Å². The minimum absolute atomic E-state index is 0.0434. The maximum absolute atomic E-state index is 11.5. The van der Waals surface area contributed by atoms with Crippen LogP contribution in [-0.2, 0) is 16.0 Å². The van der Waals surface area contributed by atoms with Gasteiger partial charge in [-0.1, -0.05) is 37.3 Å². The van der Waals surface area contributed by atoms with Gasteiger partial charge in [-0.25, -0.2) is 0 Å². The van der Waals surface area contributed by atoms with E-state index in [-0.39, 0.29) is 17.6 Å². The van der Waals surface area contributed by atoms with Crippen LogP contribution < -0.4 is 5.32 Å². The van der Waals surface area contributed by atoms with Crippen molar-refractivity contribution in [3.63, 3.8) is 0 Å². The molecule has 0 aliphatic heterocycles. The van der Waals surface area contributed by atoms with Gasteiger partial charge in [0.25, 0.3) is 0 Å². The molecule has 0 aliphatic carbocycles. The summed E-state index contributed by atoms with van der Waals surface area (Å²) in [6.45, 7) is 2.42. The molecule has 104 valence electrons. The summed E-state index contributed by atoms with van der Waals surface area (Å²) in [5.74, 6) is -0.564. The van der Waals surface area contributed by atoms with E-state index in [4.69, 9.17) is 5.11 Å². The highest BCUT2D eigenvalue weighted by Crippen LogP contribution is 2.13. The van der Waals surface area contributed by atoms with Gasteiger partial charge in [-0.2, -0.15) is 0 Å². The number of amides is 1. The van der Waals surface area contributed by atoms with Crippen LogP contribution in [0.25, 0.3) is 0 Å². The third-order valence-corrected chi connectivity index (χ3v) is 3.70. The fourth-order valence-corrected chi connectivity index (χ4v) is 2.36. The van der Waals surface area contributed by atoms with Gasteiger partial charge in [-0.15, -0.1) is 11.8 Å². The summed E-state index contributed by atoms with van der Waals surface area (Å²) >= 11 is 1.37. The van der Waals surface area contributed by atoms with Gasteiger partial charge in [0, 0.05) is 11.8 Å². The molecule has 1 rings (SSSR count). The molecule has 2 N–H and O–H groups in total. The summed E-state index contributed by atoms with van der Waals surface area (Å²) in [6.07, 6.45) is 0.893. The van der Waals surface area contributed by atoms with Crippen LogP contribution in [0.5, 0.6) is 0 Å². The van der Waals surface area contributed by atoms with Crippen LogP contribution in [0.3, 0.4) is 0 Å². The van der Waals surface area contributed by atoms with Crippen LogP contribution in [0.15, 0.2) is 30.3 Å². The van der Waals surface area contributed by atoms with Crippen molar-refractivity contribution in [3.8, 4) is 0 Å². The Kier molecular flexibility index (Phi) is 7.03. The van der Waals surface area contributed by atoms with Gasteiger partial charge < -0.3 is 10.4 Å². The van der Waals surface area contributed by atoms with Crippen LogP contribution >= 0.6 is 11.8 Å². The van der Waals surface area contributed by atoms with E-state index >= 15 is 0 Å². The number of carbonyl (C=O) groups excluding carboxylic acids is 1. The first-order valence-corrected chi connectivity index (χ1v) is 7.27. The number of benzene rings is 1. The quantitative estimate of drug-likeness (QED) is 0.764. The summed E-state index contributed by atoms with van der Waals surface area (Å²) in [6, 6.07) is 9.95. The van der Waals surface area contributed by atoms with E-state index in [0.717, 1.165) is 6.42 Å². The highest BCUT2D eigenvalue weighted by molar-refractivity contribution is 8.00. The monoisotopic (exact) mass is 281 g/mol. The second-order valence-electron chi connectivity index (χ2n) is 4.31.